The number of nitrogens with zero attached hydrogens (tertiary/aromatic N) is 2. The van der Waals surface area contributed by atoms with Crippen LogP contribution in [0.5, 0.6) is 0 Å². The first kappa shape index (κ1) is 23.9. The highest BCUT2D eigenvalue weighted by atomic mass is 35.5. The number of benzene rings is 1. The topological polar surface area (TPSA) is 52.7 Å². The van der Waals surface area contributed by atoms with Gasteiger partial charge in [-0.05, 0) is 50.4 Å². The summed E-state index contributed by atoms with van der Waals surface area (Å²) in [6, 6.07) is 4.67. The van der Waals surface area contributed by atoms with Crippen molar-refractivity contribution in [3.05, 3.63) is 29.6 Å². The summed E-state index contributed by atoms with van der Waals surface area (Å²) in [7, 11) is 0. The fraction of sp³-hybridized carbons (Fsp3) is 0.619. The van der Waals surface area contributed by atoms with Gasteiger partial charge in [-0.15, -0.1) is 24.8 Å². The summed E-state index contributed by atoms with van der Waals surface area (Å²) in [5.74, 6) is 0.258. The SMILES string of the molecule is CC(=O)c1ccc(N2CCN(C(=O)[C@@]34CCCC[C@H]3CNC4)CC2)c(F)c1.Cl.Cl. The predicted molar refractivity (Wildman–Crippen MR) is 117 cm³/mol. The van der Waals surface area contributed by atoms with Gasteiger partial charge in [-0.25, -0.2) is 4.39 Å². The molecule has 0 spiro atoms. The van der Waals surface area contributed by atoms with Crippen LogP contribution >= 0.6 is 24.8 Å². The number of nitrogens with one attached hydrogen (secondary N) is 1. The zero-order valence-corrected chi connectivity index (χ0v) is 18.4. The van der Waals surface area contributed by atoms with Crippen molar-refractivity contribution in [1.29, 1.82) is 0 Å². The number of ketones is 1. The largest absolute Gasteiger partial charge is 0.366 e. The minimum absolute atomic E-state index is 0. The lowest BCUT2D eigenvalue weighted by molar-refractivity contribution is -0.145. The van der Waals surface area contributed by atoms with Crippen molar-refractivity contribution in [1.82, 2.24) is 10.2 Å². The minimum atomic E-state index is -0.367. The Bertz CT molecular complexity index is 755. The van der Waals surface area contributed by atoms with Crippen LogP contribution in [-0.4, -0.2) is 55.9 Å². The molecule has 1 aromatic carbocycles. The molecule has 162 valence electrons. The quantitative estimate of drug-likeness (QED) is 0.725. The van der Waals surface area contributed by atoms with Gasteiger partial charge in [-0.1, -0.05) is 12.8 Å². The Kier molecular flexibility index (Phi) is 7.93. The first-order valence-electron chi connectivity index (χ1n) is 10.1. The van der Waals surface area contributed by atoms with E-state index in [2.05, 4.69) is 5.32 Å². The molecule has 1 aromatic rings. The summed E-state index contributed by atoms with van der Waals surface area (Å²) in [4.78, 5) is 28.7. The molecule has 3 fully saturated rings. The Labute approximate surface area is 184 Å². The van der Waals surface area contributed by atoms with Crippen LogP contribution in [0.4, 0.5) is 10.1 Å². The van der Waals surface area contributed by atoms with Gasteiger partial charge in [0.1, 0.15) is 5.82 Å². The fourth-order valence-corrected chi connectivity index (χ4v) is 5.12. The number of piperazine rings is 1. The molecule has 2 saturated heterocycles. The first-order valence-corrected chi connectivity index (χ1v) is 10.1. The minimum Gasteiger partial charge on any atom is -0.366 e. The molecule has 1 N–H and O–H groups in total. The maximum atomic E-state index is 14.4. The van der Waals surface area contributed by atoms with Crippen molar-refractivity contribution in [3.63, 3.8) is 0 Å². The number of Topliss-reactive ketones (excluding diaryl/α,β-unsaturated/α-hetero) is 1. The molecule has 2 atom stereocenters. The maximum absolute atomic E-state index is 14.4. The number of amides is 1. The van der Waals surface area contributed by atoms with Crippen molar-refractivity contribution in [3.8, 4) is 0 Å². The molecule has 2 aliphatic heterocycles. The molecule has 2 heterocycles. The Morgan fingerprint density at radius 2 is 1.86 bits per heavy atom. The third kappa shape index (κ3) is 4.39. The molecule has 1 amide bonds. The lowest BCUT2D eigenvalue weighted by atomic mass is 9.67. The van der Waals surface area contributed by atoms with E-state index in [4.69, 9.17) is 0 Å². The van der Waals surface area contributed by atoms with Gasteiger partial charge in [0, 0.05) is 38.3 Å². The summed E-state index contributed by atoms with van der Waals surface area (Å²) < 4.78 is 14.4. The highest BCUT2D eigenvalue weighted by Crippen LogP contribution is 2.45. The summed E-state index contributed by atoms with van der Waals surface area (Å²) in [6.45, 7) is 5.70. The molecule has 3 aliphatic rings. The third-order valence-electron chi connectivity index (χ3n) is 6.73. The molecule has 0 aromatic heterocycles. The van der Waals surface area contributed by atoms with Gasteiger partial charge in [0.05, 0.1) is 11.1 Å². The van der Waals surface area contributed by atoms with Crippen molar-refractivity contribution < 1.29 is 14.0 Å². The third-order valence-corrected chi connectivity index (χ3v) is 6.73. The van der Waals surface area contributed by atoms with Crippen LogP contribution in [0.1, 0.15) is 43.0 Å². The van der Waals surface area contributed by atoms with Gasteiger partial charge in [-0.3, -0.25) is 9.59 Å². The van der Waals surface area contributed by atoms with Crippen molar-refractivity contribution in [2.45, 2.75) is 32.6 Å². The van der Waals surface area contributed by atoms with E-state index in [1.807, 2.05) is 9.80 Å². The number of carbonyl (C=O) groups is 2. The van der Waals surface area contributed by atoms with Crippen molar-refractivity contribution >= 4 is 42.2 Å². The first-order chi connectivity index (χ1) is 13.0. The second-order valence-corrected chi connectivity index (χ2v) is 8.23. The van der Waals surface area contributed by atoms with Crippen molar-refractivity contribution in [2.75, 3.05) is 44.2 Å². The Morgan fingerprint density at radius 1 is 1.14 bits per heavy atom. The normalized spacial score (nSPS) is 26.2. The molecule has 0 radical (unpaired) electrons. The lowest BCUT2D eigenvalue weighted by Crippen LogP contribution is -2.56. The highest BCUT2D eigenvalue weighted by molar-refractivity contribution is 5.94. The summed E-state index contributed by atoms with van der Waals surface area (Å²) >= 11 is 0. The van der Waals surface area contributed by atoms with Crippen LogP contribution in [0, 0.1) is 17.2 Å². The fourth-order valence-electron chi connectivity index (χ4n) is 5.12. The number of rotatable bonds is 3. The van der Waals surface area contributed by atoms with Crippen LogP contribution in [0.2, 0.25) is 0 Å². The molecule has 0 bridgehead atoms. The van der Waals surface area contributed by atoms with Crippen LogP contribution in [0.25, 0.3) is 0 Å². The average Bonchev–Trinajstić information content (AvgIpc) is 3.12. The molecule has 1 saturated carbocycles. The number of anilines is 1. The van der Waals surface area contributed by atoms with Crippen LogP contribution in [0.15, 0.2) is 18.2 Å². The molecule has 0 unspecified atom stereocenters. The smallest absolute Gasteiger partial charge is 0.230 e. The lowest BCUT2D eigenvalue weighted by Gasteiger charge is -2.44. The highest BCUT2D eigenvalue weighted by Gasteiger charge is 2.51. The van der Waals surface area contributed by atoms with E-state index in [9.17, 15) is 14.0 Å². The second-order valence-electron chi connectivity index (χ2n) is 8.23. The number of hydrogen-bond acceptors (Lipinski definition) is 4. The standard InChI is InChI=1S/C21H28FN3O2.2ClH/c1-15(26)16-5-6-19(18(22)12-16)24-8-10-25(11-9-24)20(27)21-7-3-2-4-17(21)13-23-14-21;;/h5-6,12,17,23H,2-4,7-11,13-14H2,1H3;2*1H/t17-,21+;;/m0../s1. The van der Waals surface area contributed by atoms with Crippen LogP contribution < -0.4 is 10.2 Å². The maximum Gasteiger partial charge on any atom is 0.230 e. The Hall–Kier alpha value is -1.37. The number of hydrogen-bond donors (Lipinski definition) is 1. The number of halogens is 3. The number of carbonyl (C=O) groups excluding carboxylic acids is 2. The Morgan fingerprint density at radius 3 is 2.52 bits per heavy atom. The molecule has 1 aliphatic carbocycles. The van der Waals surface area contributed by atoms with E-state index in [1.165, 1.54) is 19.4 Å². The second kappa shape index (κ2) is 9.63. The zero-order valence-electron chi connectivity index (χ0n) is 16.8. The summed E-state index contributed by atoms with van der Waals surface area (Å²) in [5, 5.41) is 3.45. The van der Waals surface area contributed by atoms with E-state index in [0.29, 0.717) is 49.3 Å². The summed E-state index contributed by atoms with van der Waals surface area (Å²) in [5.41, 5.74) is 0.694. The summed E-state index contributed by atoms with van der Waals surface area (Å²) in [6.07, 6.45) is 4.50. The monoisotopic (exact) mass is 445 g/mol. The van der Waals surface area contributed by atoms with E-state index < -0.39 is 0 Å². The van der Waals surface area contributed by atoms with E-state index in [1.54, 1.807) is 12.1 Å². The number of fused-ring (bicyclic) bond motifs is 1. The van der Waals surface area contributed by atoms with Crippen LogP contribution in [-0.2, 0) is 4.79 Å². The van der Waals surface area contributed by atoms with E-state index >= 15 is 0 Å². The van der Waals surface area contributed by atoms with Gasteiger partial charge in [0.2, 0.25) is 5.91 Å². The molecule has 29 heavy (non-hydrogen) atoms. The van der Waals surface area contributed by atoms with Crippen LogP contribution in [0.3, 0.4) is 0 Å². The Balaban J connectivity index is 0.00000150. The van der Waals surface area contributed by atoms with Gasteiger partial charge in [0.15, 0.2) is 5.78 Å². The zero-order chi connectivity index (χ0) is 19.0. The molecule has 4 rings (SSSR count). The van der Waals surface area contributed by atoms with Gasteiger partial charge < -0.3 is 15.1 Å². The van der Waals surface area contributed by atoms with Gasteiger partial charge >= 0.3 is 0 Å². The molecular formula is C21H30Cl2FN3O2. The molecule has 5 nitrogen and oxygen atoms in total. The van der Waals surface area contributed by atoms with Crippen molar-refractivity contribution in [2.24, 2.45) is 11.3 Å². The van der Waals surface area contributed by atoms with E-state index in [0.717, 1.165) is 32.4 Å². The molecule has 8 heteroatoms. The van der Waals surface area contributed by atoms with E-state index in [-0.39, 0.29) is 41.8 Å². The van der Waals surface area contributed by atoms with Gasteiger partial charge in [-0.2, -0.15) is 0 Å². The average molecular weight is 446 g/mol. The predicted octanol–water partition coefficient (Wildman–Crippen LogP) is 3.30. The molecular weight excluding hydrogens is 416 g/mol. The van der Waals surface area contributed by atoms with Gasteiger partial charge in [0.25, 0.3) is 0 Å².